The van der Waals surface area contributed by atoms with E-state index in [0.717, 1.165) is 18.5 Å². The van der Waals surface area contributed by atoms with E-state index in [2.05, 4.69) is 4.98 Å². The molecule has 4 heteroatoms. The van der Waals surface area contributed by atoms with E-state index in [1.54, 1.807) is 12.1 Å². The van der Waals surface area contributed by atoms with Gasteiger partial charge in [0.25, 0.3) is 0 Å². The second-order valence-electron chi connectivity index (χ2n) is 4.27. The van der Waals surface area contributed by atoms with Crippen LogP contribution in [-0.4, -0.2) is 16.9 Å². The third kappa shape index (κ3) is 2.51. The summed E-state index contributed by atoms with van der Waals surface area (Å²) in [5.74, 6) is 0.652. The number of nitrogens with two attached hydrogens (primary N) is 1. The highest BCUT2D eigenvalue weighted by atomic mass is 16.5. The average molecular weight is 219 g/mol. The van der Waals surface area contributed by atoms with Crippen LogP contribution in [0.4, 0.5) is 0 Å². The zero-order chi connectivity index (χ0) is 11.5. The Balaban J connectivity index is 2.16. The van der Waals surface area contributed by atoms with Crippen LogP contribution in [0, 0.1) is 12.3 Å². The summed E-state index contributed by atoms with van der Waals surface area (Å²) < 4.78 is 5.78. The molecule has 1 heterocycles. The molecule has 2 rings (SSSR count). The monoisotopic (exact) mass is 219 g/mol. The van der Waals surface area contributed by atoms with Crippen LogP contribution in [0.15, 0.2) is 12.1 Å². The van der Waals surface area contributed by atoms with Gasteiger partial charge in [0, 0.05) is 17.3 Å². The van der Waals surface area contributed by atoms with Crippen LogP contribution in [0.1, 0.15) is 36.9 Å². The number of nitrogen functional groups attached to an aromatic ring is 1. The van der Waals surface area contributed by atoms with Gasteiger partial charge >= 0.3 is 0 Å². The summed E-state index contributed by atoms with van der Waals surface area (Å²) >= 11 is 0. The van der Waals surface area contributed by atoms with Crippen molar-refractivity contribution >= 4 is 5.84 Å². The highest BCUT2D eigenvalue weighted by Gasteiger charge is 2.17. The molecular weight excluding hydrogens is 202 g/mol. The SMILES string of the molecule is Cc1cc(C(=N)N)cc(OC2CCCC2)n1. The fraction of sp³-hybridized carbons (Fsp3) is 0.500. The Morgan fingerprint density at radius 3 is 2.75 bits per heavy atom. The lowest BCUT2D eigenvalue weighted by molar-refractivity contribution is 0.201. The van der Waals surface area contributed by atoms with Crippen molar-refractivity contribution in [1.29, 1.82) is 5.41 Å². The molecule has 0 saturated heterocycles. The summed E-state index contributed by atoms with van der Waals surface area (Å²) in [6.45, 7) is 1.88. The Morgan fingerprint density at radius 2 is 2.12 bits per heavy atom. The van der Waals surface area contributed by atoms with Crippen LogP contribution in [0.3, 0.4) is 0 Å². The van der Waals surface area contributed by atoms with Gasteiger partial charge in [-0.05, 0) is 38.7 Å². The maximum Gasteiger partial charge on any atom is 0.214 e. The van der Waals surface area contributed by atoms with Gasteiger partial charge in [-0.1, -0.05) is 0 Å². The predicted molar refractivity (Wildman–Crippen MR) is 62.9 cm³/mol. The number of ether oxygens (including phenoxy) is 1. The Morgan fingerprint density at radius 1 is 1.44 bits per heavy atom. The molecule has 86 valence electrons. The predicted octanol–water partition coefficient (Wildman–Crippen LogP) is 2.00. The molecule has 1 aliphatic carbocycles. The molecular formula is C12H17N3O. The molecule has 0 radical (unpaired) electrons. The van der Waals surface area contributed by atoms with Gasteiger partial charge in [-0.25, -0.2) is 4.98 Å². The van der Waals surface area contributed by atoms with Crippen molar-refractivity contribution in [2.24, 2.45) is 5.73 Å². The zero-order valence-electron chi connectivity index (χ0n) is 9.49. The molecule has 1 fully saturated rings. The molecule has 0 bridgehead atoms. The first-order valence-corrected chi connectivity index (χ1v) is 5.65. The van der Waals surface area contributed by atoms with Gasteiger partial charge in [0.15, 0.2) is 0 Å². The van der Waals surface area contributed by atoms with E-state index in [9.17, 15) is 0 Å². The standard InChI is InChI=1S/C12H17N3O/c1-8-6-9(12(13)14)7-11(15-8)16-10-4-2-3-5-10/h6-7,10H,2-5H2,1H3,(H3,13,14). The van der Waals surface area contributed by atoms with Crippen molar-refractivity contribution in [3.8, 4) is 5.88 Å². The molecule has 0 aliphatic heterocycles. The van der Waals surface area contributed by atoms with E-state index >= 15 is 0 Å². The molecule has 4 nitrogen and oxygen atoms in total. The van der Waals surface area contributed by atoms with E-state index in [4.69, 9.17) is 15.9 Å². The normalized spacial score (nSPS) is 16.3. The van der Waals surface area contributed by atoms with Gasteiger partial charge < -0.3 is 10.5 Å². The molecule has 0 atom stereocenters. The number of aromatic nitrogens is 1. The number of nitrogens with zero attached hydrogens (tertiary/aromatic N) is 1. The van der Waals surface area contributed by atoms with Crippen LogP contribution in [0.2, 0.25) is 0 Å². The van der Waals surface area contributed by atoms with Crippen LogP contribution in [-0.2, 0) is 0 Å². The van der Waals surface area contributed by atoms with Crippen LogP contribution >= 0.6 is 0 Å². The van der Waals surface area contributed by atoms with Gasteiger partial charge in [0.2, 0.25) is 5.88 Å². The van der Waals surface area contributed by atoms with Crippen molar-refractivity contribution in [3.05, 3.63) is 23.4 Å². The minimum atomic E-state index is 0.0572. The number of nitrogens with one attached hydrogen (secondary N) is 1. The molecule has 1 aromatic heterocycles. The maximum atomic E-state index is 7.41. The number of hydrogen-bond acceptors (Lipinski definition) is 3. The number of rotatable bonds is 3. The van der Waals surface area contributed by atoms with Gasteiger partial charge in [-0.15, -0.1) is 0 Å². The van der Waals surface area contributed by atoms with E-state index in [0.29, 0.717) is 11.4 Å². The van der Waals surface area contributed by atoms with Crippen molar-refractivity contribution in [2.75, 3.05) is 0 Å². The minimum absolute atomic E-state index is 0.0572. The van der Waals surface area contributed by atoms with Crippen molar-refractivity contribution in [2.45, 2.75) is 38.7 Å². The molecule has 0 spiro atoms. The molecule has 0 amide bonds. The molecule has 3 N–H and O–H groups in total. The Bertz CT molecular complexity index is 397. The van der Waals surface area contributed by atoms with E-state index in [-0.39, 0.29) is 11.9 Å². The maximum absolute atomic E-state index is 7.41. The summed E-state index contributed by atoms with van der Waals surface area (Å²) in [5, 5.41) is 7.41. The van der Waals surface area contributed by atoms with Crippen molar-refractivity contribution in [1.82, 2.24) is 4.98 Å². The lowest BCUT2D eigenvalue weighted by Gasteiger charge is -2.13. The summed E-state index contributed by atoms with van der Waals surface area (Å²) in [4.78, 5) is 4.31. The molecule has 1 saturated carbocycles. The van der Waals surface area contributed by atoms with Crippen molar-refractivity contribution < 1.29 is 4.74 Å². The van der Waals surface area contributed by atoms with Gasteiger partial charge in [0.05, 0.1) is 0 Å². The minimum Gasteiger partial charge on any atom is -0.474 e. The quantitative estimate of drug-likeness (QED) is 0.603. The van der Waals surface area contributed by atoms with Crippen molar-refractivity contribution in [3.63, 3.8) is 0 Å². The molecule has 0 aromatic carbocycles. The number of pyridine rings is 1. The van der Waals surface area contributed by atoms with Gasteiger partial charge in [0.1, 0.15) is 11.9 Å². The average Bonchev–Trinajstić information content (AvgIpc) is 2.69. The van der Waals surface area contributed by atoms with E-state index in [1.165, 1.54) is 12.8 Å². The third-order valence-electron chi connectivity index (χ3n) is 2.83. The lowest BCUT2D eigenvalue weighted by Crippen LogP contribution is -2.15. The Labute approximate surface area is 95.3 Å². The van der Waals surface area contributed by atoms with Crippen LogP contribution in [0.25, 0.3) is 0 Å². The van der Waals surface area contributed by atoms with Gasteiger partial charge in [-0.3, -0.25) is 5.41 Å². The van der Waals surface area contributed by atoms with E-state index < -0.39 is 0 Å². The van der Waals surface area contributed by atoms with Crippen LogP contribution < -0.4 is 10.5 Å². The third-order valence-corrected chi connectivity index (χ3v) is 2.83. The summed E-state index contributed by atoms with van der Waals surface area (Å²) in [6.07, 6.45) is 4.96. The highest BCUT2D eigenvalue weighted by molar-refractivity contribution is 5.95. The molecule has 1 aromatic rings. The smallest absolute Gasteiger partial charge is 0.214 e. The first-order chi connectivity index (χ1) is 7.65. The first kappa shape index (κ1) is 10.9. The Hall–Kier alpha value is -1.58. The number of amidine groups is 1. The summed E-state index contributed by atoms with van der Waals surface area (Å²) in [6, 6.07) is 3.54. The molecule has 0 unspecified atom stereocenters. The lowest BCUT2D eigenvalue weighted by atomic mass is 10.2. The number of aryl methyl sites for hydroxylation is 1. The molecule has 1 aliphatic rings. The second-order valence-corrected chi connectivity index (χ2v) is 4.27. The largest absolute Gasteiger partial charge is 0.474 e. The number of hydrogen-bond donors (Lipinski definition) is 2. The first-order valence-electron chi connectivity index (χ1n) is 5.65. The highest BCUT2D eigenvalue weighted by Crippen LogP contribution is 2.23. The fourth-order valence-electron chi connectivity index (χ4n) is 2.03. The fourth-order valence-corrected chi connectivity index (χ4v) is 2.03. The second kappa shape index (κ2) is 4.51. The topological polar surface area (TPSA) is 72.0 Å². The molecule has 16 heavy (non-hydrogen) atoms. The zero-order valence-corrected chi connectivity index (χ0v) is 9.49. The summed E-state index contributed by atoms with van der Waals surface area (Å²) in [5.41, 5.74) is 6.97. The Kier molecular flexibility index (Phi) is 3.08. The van der Waals surface area contributed by atoms with Gasteiger partial charge in [-0.2, -0.15) is 0 Å². The van der Waals surface area contributed by atoms with Crippen LogP contribution in [0.5, 0.6) is 5.88 Å². The summed E-state index contributed by atoms with van der Waals surface area (Å²) in [7, 11) is 0. The van der Waals surface area contributed by atoms with E-state index in [1.807, 2.05) is 6.92 Å².